The summed E-state index contributed by atoms with van der Waals surface area (Å²) in [6.07, 6.45) is -0.356. The van der Waals surface area contributed by atoms with Crippen LogP contribution in [0, 0.1) is 0 Å². The second-order valence-electron chi connectivity index (χ2n) is 5.31. The molecule has 0 radical (unpaired) electrons. The third-order valence-electron chi connectivity index (χ3n) is 3.50. The minimum atomic E-state index is -0.630. The molecule has 6 heteroatoms. The van der Waals surface area contributed by atoms with Gasteiger partial charge in [0.25, 0.3) is 0 Å². The molecule has 0 aliphatic heterocycles. The van der Waals surface area contributed by atoms with Crippen LogP contribution in [0.25, 0.3) is 0 Å². The number of carbonyl (C=O) groups excluding carboxylic acids is 2. The van der Waals surface area contributed by atoms with E-state index in [2.05, 4.69) is 5.32 Å². The number of hydrogen-bond acceptors (Lipinski definition) is 4. The molecule has 0 aliphatic carbocycles. The molecule has 6 nitrogen and oxygen atoms in total. The van der Waals surface area contributed by atoms with Crippen LogP contribution in [0.15, 0.2) is 54.6 Å². The first-order valence-corrected chi connectivity index (χ1v) is 7.56. The monoisotopic (exact) mass is 328 g/mol. The number of alkyl carbamates (subject to hydrolysis) is 1. The van der Waals surface area contributed by atoms with Gasteiger partial charge in [-0.2, -0.15) is 0 Å². The summed E-state index contributed by atoms with van der Waals surface area (Å²) < 4.78 is 5.12. The van der Waals surface area contributed by atoms with Crippen LogP contribution < -0.4 is 11.1 Å². The summed E-state index contributed by atoms with van der Waals surface area (Å²) in [6.45, 7) is -0.143. The first-order chi connectivity index (χ1) is 11.6. The van der Waals surface area contributed by atoms with E-state index in [4.69, 9.17) is 10.5 Å². The Bertz CT molecular complexity index is 688. The Balaban J connectivity index is 1.92. The fraction of sp³-hybridized carbons (Fsp3) is 0.222. The first-order valence-electron chi connectivity index (χ1n) is 7.56. The highest BCUT2D eigenvalue weighted by Gasteiger charge is 2.16. The molecule has 0 heterocycles. The van der Waals surface area contributed by atoms with Crippen molar-refractivity contribution in [2.24, 2.45) is 5.73 Å². The molecule has 0 bridgehead atoms. The summed E-state index contributed by atoms with van der Waals surface area (Å²) in [4.78, 5) is 23.3. The summed E-state index contributed by atoms with van der Waals surface area (Å²) in [5.74, 6) is -0.547. The molecule has 0 unspecified atom stereocenters. The molecule has 0 saturated carbocycles. The van der Waals surface area contributed by atoms with Crippen LogP contribution in [-0.4, -0.2) is 29.8 Å². The summed E-state index contributed by atoms with van der Waals surface area (Å²) in [6, 6.07) is 15.5. The van der Waals surface area contributed by atoms with Crippen molar-refractivity contribution in [2.75, 3.05) is 6.61 Å². The van der Waals surface area contributed by atoms with Crippen molar-refractivity contribution in [1.82, 2.24) is 5.32 Å². The van der Waals surface area contributed by atoms with E-state index in [9.17, 15) is 14.7 Å². The summed E-state index contributed by atoms with van der Waals surface area (Å²) in [5.41, 5.74) is 7.23. The van der Waals surface area contributed by atoms with Crippen LogP contribution in [0.4, 0.5) is 4.79 Å². The number of hydrogen-bond donors (Lipinski definition) is 3. The average molecular weight is 328 g/mol. The second-order valence-corrected chi connectivity index (χ2v) is 5.31. The lowest BCUT2D eigenvalue weighted by molar-refractivity contribution is 0.0999. The lowest BCUT2D eigenvalue weighted by Crippen LogP contribution is -2.39. The number of nitrogens with one attached hydrogen (secondary N) is 1. The number of ether oxygens (including phenoxy) is 1. The molecule has 2 aromatic carbocycles. The van der Waals surface area contributed by atoms with E-state index < -0.39 is 18.0 Å². The largest absolute Gasteiger partial charge is 0.445 e. The number of rotatable bonds is 7. The summed E-state index contributed by atoms with van der Waals surface area (Å²) in [5, 5.41) is 12.1. The van der Waals surface area contributed by atoms with Gasteiger partial charge in [0.05, 0.1) is 12.6 Å². The van der Waals surface area contributed by atoms with Gasteiger partial charge < -0.3 is 20.9 Å². The Morgan fingerprint density at radius 2 is 1.75 bits per heavy atom. The molecule has 2 aromatic rings. The van der Waals surface area contributed by atoms with Crippen LogP contribution in [0.5, 0.6) is 0 Å². The van der Waals surface area contributed by atoms with Crippen molar-refractivity contribution in [2.45, 2.75) is 19.1 Å². The number of primary amides is 1. The molecule has 0 fully saturated rings. The first kappa shape index (κ1) is 17.5. The molecule has 0 saturated heterocycles. The standard InChI is InChI=1S/C18H20N2O4/c19-17(22)16-9-5-4-8-14(16)10-15(11-21)20-18(23)24-12-13-6-2-1-3-7-13/h1-9,15,21H,10-12H2,(H2,19,22)(H,20,23)/t15-/m1/s1. The second kappa shape index (κ2) is 8.69. The molecule has 2 rings (SSSR count). The van der Waals surface area contributed by atoms with E-state index in [1.807, 2.05) is 30.3 Å². The zero-order valence-electron chi connectivity index (χ0n) is 13.1. The van der Waals surface area contributed by atoms with E-state index in [-0.39, 0.29) is 19.6 Å². The quantitative estimate of drug-likeness (QED) is 0.718. The van der Waals surface area contributed by atoms with E-state index in [0.29, 0.717) is 11.1 Å². The molecule has 4 N–H and O–H groups in total. The van der Waals surface area contributed by atoms with Gasteiger partial charge in [0.1, 0.15) is 6.61 Å². The van der Waals surface area contributed by atoms with Gasteiger partial charge in [-0.1, -0.05) is 48.5 Å². The average Bonchev–Trinajstić information content (AvgIpc) is 2.60. The number of aliphatic hydroxyl groups excluding tert-OH is 1. The van der Waals surface area contributed by atoms with E-state index in [1.54, 1.807) is 24.3 Å². The molecule has 0 aliphatic rings. The van der Waals surface area contributed by atoms with Gasteiger partial charge >= 0.3 is 6.09 Å². The fourth-order valence-corrected chi connectivity index (χ4v) is 2.30. The maximum atomic E-state index is 11.9. The molecular formula is C18H20N2O4. The van der Waals surface area contributed by atoms with Gasteiger partial charge in [0.2, 0.25) is 5.91 Å². The highest BCUT2D eigenvalue weighted by Crippen LogP contribution is 2.11. The molecule has 0 spiro atoms. The molecule has 1 atom stereocenters. The van der Waals surface area contributed by atoms with Gasteiger partial charge in [-0.3, -0.25) is 4.79 Å². The zero-order chi connectivity index (χ0) is 17.4. The van der Waals surface area contributed by atoms with E-state index in [1.165, 1.54) is 0 Å². The highest BCUT2D eigenvalue weighted by atomic mass is 16.5. The topological polar surface area (TPSA) is 102 Å². The Morgan fingerprint density at radius 1 is 1.08 bits per heavy atom. The number of carbonyl (C=O) groups is 2. The molecule has 2 amide bonds. The van der Waals surface area contributed by atoms with Crippen LogP contribution in [0.2, 0.25) is 0 Å². The molecule has 24 heavy (non-hydrogen) atoms. The Hall–Kier alpha value is -2.86. The number of nitrogens with two attached hydrogens (primary N) is 1. The predicted molar refractivity (Wildman–Crippen MR) is 89.3 cm³/mol. The van der Waals surface area contributed by atoms with Crippen LogP contribution in [0.1, 0.15) is 21.5 Å². The van der Waals surface area contributed by atoms with Crippen molar-refractivity contribution in [3.8, 4) is 0 Å². The van der Waals surface area contributed by atoms with Gasteiger partial charge in [-0.25, -0.2) is 4.79 Å². The summed E-state index contributed by atoms with van der Waals surface area (Å²) >= 11 is 0. The van der Waals surface area contributed by atoms with Crippen molar-refractivity contribution in [3.63, 3.8) is 0 Å². The van der Waals surface area contributed by atoms with Crippen LogP contribution in [-0.2, 0) is 17.8 Å². The Morgan fingerprint density at radius 3 is 2.42 bits per heavy atom. The van der Waals surface area contributed by atoms with Gasteiger partial charge in [-0.15, -0.1) is 0 Å². The Labute approximate surface area is 140 Å². The van der Waals surface area contributed by atoms with Crippen LogP contribution >= 0.6 is 0 Å². The minimum absolute atomic E-state index is 0.142. The Kier molecular flexibility index (Phi) is 6.33. The van der Waals surface area contributed by atoms with Gasteiger partial charge in [0.15, 0.2) is 0 Å². The summed E-state index contributed by atoms with van der Waals surface area (Å²) in [7, 11) is 0. The normalized spacial score (nSPS) is 11.5. The van der Waals surface area contributed by atoms with Crippen molar-refractivity contribution < 1.29 is 19.4 Å². The van der Waals surface area contributed by atoms with Gasteiger partial charge in [-0.05, 0) is 23.6 Å². The van der Waals surface area contributed by atoms with Gasteiger partial charge in [0, 0.05) is 5.56 Å². The number of benzene rings is 2. The van der Waals surface area contributed by atoms with E-state index in [0.717, 1.165) is 5.56 Å². The third kappa shape index (κ3) is 5.10. The smallest absolute Gasteiger partial charge is 0.407 e. The lowest BCUT2D eigenvalue weighted by atomic mass is 10.0. The van der Waals surface area contributed by atoms with Crippen molar-refractivity contribution in [1.29, 1.82) is 0 Å². The number of aliphatic hydroxyl groups is 1. The van der Waals surface area contributed by atoms with Crippen LogP contribution in [0.3, 0.4) is 0 Å². The van der Waals surface area contributed by atoms with E-state index >= 15 is 0 Å². The minimum Gasteiger partial charge on any atom is -0.445 e. The van der Waals surface area contributed by atoms with Crippen molar-refractivity contribution in [3.05, 3.63) is 71.3 Å². The number of amides is 2. The third-order valence-corrected chi connectivity index (χ3v) is 3.50. The maximum absolute atomic E-state index is 11.9. The highest BCUT2D eigenvalue weighted by molar-refractivity contribution is 5.94. The fourth-order valence-electron chi connectivity index (χ4n) is 2.30. The molecule has 0 aromatic heterocycles. The zero-order valence-corrected chi connectivity index (χ0v) is 13.1. The molecule has 126 valence electrons. The maximum Gasteiger partial charge on any atom is 0.407 e. The SMILES string of the molecule is NC(=O)c1ccccc1C[C@H](CO)NC(=O)OCc1ccccc1. The molecular weight excluding hydrogens is 308 g/mol. The lowest BCUT2D eigenvalue weighted by Gasteiger charge is -2.17. The predicted octanol–water partition coefficient (Wildman–Crippen LogP) is 1.62. The van der Waals surface area contributed by atoms with Crippen molar-refractivity contribution >= 4 is 12.0 Å².